The van der Waals surface area contributed by atoms with Gasteiger partial charge in [0, 0.05) is 5.56 Å². The molecular formula is C28H25NO5. The van der Waals surface area contributed by atoms with Gasteiger partial charge in [0.05, 0.1) is 23.1 Å². The van der Waals surface area contributed by atoms with Crippen LogP contribution in [0.15, 0.2) is 66.7 Å². The molecule has 6 heteroatoms. The van der Waals surface area contributed by atoms with Crippen LogP contribution < -0.4 is 4.90 Å². The van der Waals surface area contributed by atoms with Crippen molar-refractivity contribution < 1.29 is 23.9 Å². The van der Waals surface area contributed by atoms with Gasteiger partial charge in [-0.3, -0.25) is 14.4 Å². The lowest BCUT2D eigenvalue weighted by Crippen LogP contribution is -2.40. The topological polar surface area (TPSA) is 80.8 Å². The lowest BCUT2D eigenvalue weighted by molar-refractivity contribution is -0.124. The number of allylic oxidation sites excluding steroid dienone is 2. The van der Waals surface area contributed by atoms with E-state index in [1.54, 1.807) is 49.4 Å². The standard InChI is InChI=1S/C28H25NO5/c1-2-22(25(30)15-7-4-3-5-8-15)34-28(33)16-9-6-10-17(13-16)29-26(31)23-18-11-12-19(21-14-20(18)21)24(23)27(29)32/h3-13,18-24H,2,14H2,1H3/t18-,19-,20-,21-,22+,23-,24+/m1/s1. The Morgan fingerprint density at radius 2 is 1.53 bits per heavy atom. The lowest BCUT2D eigenvalue weighted by atomic mass is 9.63. The summed E-state index contributed by atoms with van der Waals surface area (Å²) in [5, 5.41) is 0. The highest BCUT2D eigenvalue weighted by Gasteiger charge is 2.67. The van der Waals surface area contributed by atoms with E-state index in [4.69, 9.17) is 4.74 Å². The number of rotatable bonds is 6. The van der Waals surface area contributed by atoms with Crippen LogP contribution in [-0.4, -0.2) is 29.7 Å². The van der Waals surface area contributed by atoms with E-state index in [1.807, 2.05) is 6.07 Å². The number of nitrogens with zero attached hydrogens (tertiary/aromatic N) is 1. The molecule has 34 heavy (non-hydrogen) atoms. The van der Waals surface area contributed by atoms with Crippen LogP contribution in [-0.2, 0) is 14.3 Å². The first-order valence-corrected chi connectivity index (χ1v) is 12.0. The summed E-state index contributed by atoms with van der Waals surface area (Å²) in [5.74, 6) is -0.505. The molecule has 172 valence electrons. The highest BCUT2D eigenvalue weighted by molar-refractivity contribution is 6.23. The molecule has 0 aromatic heterocycles. The summed E-state index contributed by atoms with van der Waals surface area (Å²) in [4.78, 5) is 53.7. The number of carbonyl (C=O) groups is 4. The highest BCUT2D eigenvalue weighted by atomic mass is 16.5. The lowest BCUT2D eigenvalue weighted by Gasteiger charge is -2.37. The number of carbonyl (C=O) groups excluding carboxylic acids is 4. The van der Waals surface area contributed by atoms with Gasteiger partial charge in [-0.05, 0) is 54.7 Å². The van der Waals surface area contributed by atoms with Crippen LogP contribution in [0.5, 0.6) is 0 Å². The maximum atomic E-state index is 13.4. The van der Waals surface area contributed by atoms with Crippen molar-refractivity contribution in [2.75, 3.05) is 4.90 Å². The Hall–Kier alpha value is -3.54. The first kappa shape index (κ1) is 21.0. The van der Waals surface area contributed by atoms with E-state index in [0.717, 1.165) is 6.42 Å². The number of hydrogen-bond donors (Lipinski definition) is 0. The monoisotopic (exact) mass is 455 g/mol. The molecule has 0 N–H and O–H groups in total. The summed E-state index contributed by atoms with van der Waals surface area (Å²) in [6.07, 6.45) is 4.81. The fraction of sp³-hybridized carbons (Fsp3) is 0.357. The Labute approximate surface area is 197 Å². The zero-order valence-corrected chi connectivity index (χ0v) is 18.8. The Kier molecular flexibility index (Phi) is 4.80. The second-order valence-corrected chi connectivity index (χ2v) is 9.75. The van der Waals surface area contributed by atoms with Crippen LogP contribution in [0.2, 0.25) is 0 Å². The third-order valence-corrected chi connectivity index (χ3v) is 7.97. The van der Waals surface area contributed by atoms with Gasteiger partial charge in [-0.1, -0.05) is 55.5 Å². The quantitative estimate of drug-likeness (QED) is 0.284. The molecule has 4 aliphatic carbocycles. The average Bonchev–Trinajstić information content (AvgIpc) is 3.65. The van der Waals surface area contributed by atoms with Gasteiger partial charge in [0.15, 0.2) is 6.10 Å². The zero-order chi connectivity index (χ0) is 23.6. The van der Waals surface area contributed by atoms with E-state index in [-0.39, 0.29) is 46.8 Å². The molecule has 2 aromatic carbocycles. The van der Waals surface area contributed by atoms with Crippen LogP contribution in [0.25, 0.3) is 0 Å². The third kappa shape index (κ3) is 3.08. The Bertz CT molecular complexity index is 1200. The number of anilines is 1. The van der Waals surface area contributed by atoms with Crippen molar-refractivity contribution in [2.45, 2.75) is 25.9 Å². The number of Topliss-reactive ketones (excluding diaryl/α,β-unsaturated/α-hetero) is 1. The van der Waals surface area contributed by atoms with Gasteiger partial charge in [-0.25, -0.2) is 9.69 Å². The molecule has 0 unspecified atom stereocenters. The molecule has 7 rings (SSSR count). The zero-order valence-electron chi connectivity index (χ0n) is 18.8. The van der Waals surface area contributed by atoms with Crippen molar-refractivity contribution in [3.05, 3.63) is 77.9 Å². The van der Waals surface area contributed by atoms with Crippen molar-refractivity contribution >= 4 is 29.3 Å². The summed E-state index contributed by atoms with van der Waals surface area (Å²) < 4.78 is 5.54. The van der Waals surface area contributed by atoms with Crippen molar-refractivity contribution in [3.8, 4) is 0 Å². The molecule has 2 amide bonds. The fourth-order valence-electron chi connectivity index (χ4n) is 6.29. The molecule has 5 aliphatic rings. The number of hydrogen-bond acceptors (Lipinski definition) is 5. The summed E-state index contributed by atoms with van der Waals surface area (Å²) in [5.41, 5.74) is 1.07. The van der Waals surface area contributed by atoms with Crippen LogP contribution in [0.1, 0.15) is 40.5 Å². The molecule has 1 saturated heterocycles. The molecule has 7 atom stereocenters. The third-order valence-electron chi connectivity index (χ3n) is 7.97. The number of ether oxygens (including phenoxy) is 1. The van der Waals surface area contributed by atoms with Crippen LogP contribution >= 0.6 is 0 Å². The molecule has 3 fully saturated rings. The van der Waals surface area contributed by atoms with Gasteiger partial charge in [0.25, 0.3) is 0 Å². The van der Waals surface area contributed by atoms with E-state index in [1.165, 1.54) is 11.0 Å². The van der Waals surface area contributed by atoms with Gasteiger partial charge >= 0.3 is 5.97 Å². The second kappa shape index (κ2) is 7.76. The van der Waals surface area contributed by atoms with Gasteiger partial charge < -0.3 is 4.74 Å². The highest BCUT2D eigenvalue weighted by Crippen LogP contribution is 2.65. The summed E-state index contributed by atoms with van der Waals surface area (Å²) in [6, 6.07) is 15.1. The predicted molar refractivity (Wildman–Crippen MR) is 124 cm³/mol. The summed E-state index contributed by atoms with van der Waals surface area (Å²) in [6.45, 7) is 1.78. The van der Waals surface area contributed by atoms with Crippen molar-refractivity contribution in [2.24, 2.45) is 35.5 Å². The number of amides is 2. The summed E-state index contributed by atoms with van der Waals surface area (Å²) in [7, 11) is 0. The molecule has 1 aliphatic heterocycles. The van der Waals surface area contributed by atoms with Gasteiger partial charge in [0.2, 0.25) is 17.6 Å². The molecule has 6 nitrogen and oxygen atoms in total. The minimum absolute atomic E-state index is 0.143. The van der Waals surface area contributed by atoms with Gasteiger partial charge in [-0.2, -0.15) is 0 Å². The first-order valence-electron chi connectivity index (χ1n) is 12.0. The Balaban J connectivity index is 1.23. The van der Waals surface area contributed by atoms with E-state index in [2.05, 4.69) is 12.2 Å². The molecule has 2 aromatic rings. The molecular weight excluding hydrogens is 430 g/mol. The van der Waals surface area contributed by atoms with E-state index >= 15 is 0 Å². The fourth-order valence-corrected chi connectivity index (χ4v) is 6.29. The van der Waals surface area contributed by atoms with Crippen molar-refractivity contribution in [1.82, 2.24) is 0 Å². The largest absolute Gasteiger partial charge is 0.450 e. The maximum absolute atomic E-state index is 13.4. The molecule has 0 radical (unpaired) electrons. The van der Waals surface area contributed by atoms with E-state index in [0.29, 0.717) is 29.5 Å². The molecule has 2 saturated carbocycles. The Morgan fingerprint density at radius 3 is 2.15 bits per heavy atom. The number of imide groups is 1. The molecule has 0 spiro atoms. The van der Waals surface area contributed by atoms with Crippen LogP contribution in [0.3, 0.4) is 0 Å². The number of esters is 1. The molecule has 2 bridgehead atoms. The minimum Gasteiger partial charge on any atom is -0.450 e. The average molecular weight is 456 g/mol. The maximum Gasteiger partial charge on any atom is 0.338 e. The molecule has 1 heterocycles. The van der Waals surface area contributed by atoms with Crippen LogP contribution in [0, 0.1) is 35.5 Å². The SMILES string of the molecule is CC[C@H](OC(=O)c1cccc(N2C(=O)[C@@H]3[C@@H]4C=C[C@H]([C@H]5C[C@H]45)[C@@H]3C2=O)c1)C(=O)c1ccccc1. The van der Waals surface area contributed by atoms with E-state index < -0.39 is 12.1 Å². The minimum atomic E-state index is -0.912. The normalized spacial score (nSPS) is 31.1. The van der Waals surface area contributed by atoms with Gasteiger partial charge in [0.1, 0.15) is 0 Å². The van der Waals surface area contributed by atoms with Crippen LogP contribution in [0.4, 0.5) is 5.69 Å². The predicted octanol–water partition coefficient (Wildman–Crippen LogP) is 4.06. The van der Waals surface area contributed by atoms with Crippen molar-refractivity contribution in [1.29, 1.82) is 0 Å². The second-order valence-electron chi connectivity index (χ2n) is 9.75. The number of ketones is 1. The van der Waals surface area contributed by atoms with Crippen molar-refractivity contribution in [3.63, 3.8) is 0 Å². The van der Waals surface area contributed by atoms with Gasteiger partial charge in [-0.15, -0.1) is 0 Å². The first-order chi connectivity index (χ1) is 16.5. The number of benzene rings is 2. The van der Waals surface area contributed by atoms with E-state index in [9.17, 15) is 19.2 Å². The smallest absolute Gasteiger partial charge is 0.338 e. The Morgan fingerprint density at radius 1 is 0.912 bits per heavy atom. The summed E-state index contributed by atoms with van der Waals surface area (Å²) >= 11 is 0.